The first-order valence-electron chi connectivity index (χ1n) is 18.4. The number of allylic oxidation sites excluding steroid dienone is 3. The van der Waals surface area contributed by atoms with Gasteiger partial charge in [-0.05, 0) is 82.1 Å². The molecule has 0 saturated heterocycles. The summed E-state index contributed by atoms with van der Waals surface area (Å²) < 4.78 is 6.28. The van der Waals surface area contributed by atoms with Crippen LogP contribution in [0.2, 0.25) is 0 Å². The van der Waals surface area contributed by atoms with Crippen molar-refractivity contribution in [3.63, 3.8) is 0 Å². The first-order chi connectivity index (χ1) is 25.8. The molecule has 0 fully saturated rings. The Hall–Kier alpha value is -6.26. The molecule has 0 radical (unpaired) electrons. The smallest absolute Gasteiger partial charge is 0.157 e. The third-order valence-electron chi connectivity index (χ3n) is 11.1. The second-order valence-electron chi connectivity index (χ2n) is 14.8. The summed E-state index contributed by atoms with van der Waals surface area (Å²) in [5.41, 5.74) is 20.3. The maximum atomic E-state index is 6.47. The Morgan fingerprint density at radius 1 is 0.679 bits per heavy atom. The quantitative estimate of drug-likeness (QED) is 0.140. The Labute approximate surface area is 310 Å². The Balaban J connectivity index is 0.959. The molecule has 0 saturated carbocycles. The highest BCUT2D eigenvalue weighted by Crippen LogP contribution is 2.51. The highest BCUT2D eigenvalue weighted by atomic mass is 16.3. The highest BCUT2D eigenvalue weighted by Gasteiger charge is 2.36. The first-order valence-corrected chi connectivity index (χ1v) is 18.4. The molecule has 2 unspecified atom stereocenters. The molecule has 1 aromatic heterocycles. The molecule has 7 aromatic rings. The van der Waals surface area contributed by atoms with E-state index in [9.17, 15) is 0 Å². The summed E-state index contributed by atoms with van der Waals surface area (Å²) in [6.07, 6.45) is 7.57. The Morgan fingerprint density at radius 3 is 2.11 bits per heavy atom. The molecule has 0 bridgehead atoms. The number of nitrogens with two attached hydrogens (primary N) is 1. The molecule has 53 heavy (non-hydrogen) atoms. The number of para-hydroxylation sites is 1. The topological polar surface area (TPSA) is 63.9 Å². The van der Waals surface area contributed by atoms with E-state index in [-0.39, 0.29) is 17.4 Å². The maximum absolute atomic E-state index is 6.47. The standard InChI is InChI=1S/C49H41N3O/c1-31(51-48(35-15-8-5-9-16-35)52-47(50)34-13-6-4-7-14-34)36-17-12-18-37(27-36)32-21-23-33(24-22-32)38-25-26-39-41-29-42-40-19-10-11-20-45(40)53-46(42)30-44(41)49(2,3)43(39)28-38/h4-26,28-31,36H,27H2,1-3H3,(H2,50,51,52). The second-order valence-corrected chi connectivity index (χ2v) is 14.8. The second kappa shape index (κ2) is 13.1. The molecule has 4 nitrogen and oxygen atoms in total. The van der Waals surface area contributed by atoms with Gasteiger partial charge < -0.3 is 10.2 Å². The van der Waals surface area contributed by atoms with E-state index in [4.69, 9.17) is 20.1 Å². The van der Waals surface area contributed by atoms with Crippen molar-refractivity contribution in [1.29, 1.82) is 0 Å². The maximum Gasteiger partial charge on any atom is 0.157 e. The average molecular weight is 688 g/mol. The van der Waals surface area contributed by atoms with Crippen LogP contribution >= 0.6 is 0 Å². The van der Waals surface area contributed by atoms with Crippen LogP contribution in [0.4, 0.5) is 0 Å². The number of rotatable bonds is 6. The number of hydrogen-bond acceptors (Lipinski definition) is 2. The molecule has 0 aliphatic heterocycles. The van der Waals surface area contributed by atoms with E-state index in [1.165, 1.54) is 55.3 Å². The van der Waals surface area contributed by atoms with Crippen molar-refractivity contribution in [1.82, 2.24) is 0 Å². The Morgan fingerprint density at radius 2 is 1.34 bits per heavy atom. The monoisotopic (exact) mass is 687 g/mol. The zero-order valence-electron chi connectivity index (χ0n) is 30.3. The van der Waals surface area contributed by atoms with Gasteiger partial charge in [-0.25, -0.2) is 4.99 Å². The van der Waals surface area contributed by atoms with Gasteiger partial charge in [-0.15, -0.1) is 0 Å². The van der Waals surface area contributed by atoms with Gasteiger partial charge in [0.1, 0.15) is 17.0 Å². The van der Waals surface area contributed by atoms with Crippen molar-refractivity contribution in [2.75, 3.05) is 0 Å². The van der Waals surface area contributed by atoms with Gasteiger partial charge in [-0.1, -0.05) is 147 Å². The summed E-state index contributed by atoms with van der Waals surface area (Å²) in [5, 5.41) is 2.34. The molecule has 0 amide bonds. The van der Waals surface area contributed by atoms with Crippen LogP contribution in [0.1, 0.15) is 55.0 Å². The molecular formula is C49H41N3O. The average Bonchev–Trinajstić information content (AvgIpc) is 3.68. The van der Waals surface area contributed by atoms with Gasteiger partial charge in [0, 0.05) is 33.2 Å². The van der Waals surface area contributed by atoms with Crippen LogP contribution in [0.25, 0.3) is 49.8 Å². The van der Waals surface area contributed by atoms with Crippen molar-refractivity contribution < 1.29 is 4.42 Å². The van der Waals surface area contributed by atoms with E-state index in [0.29, 0.717) is 11.7 Å². The lowest BCUT2D eigenvalue weighted by Crippen LogP contribution is -2.20. The molecule has 258 valence electrons. The largest absolute Gasteiger partial charge is 0.456 e. The molecule has 4 heteroatoms. The fourth-order valence-corrected chi connectivity index (χ4v) is 8.09. The van der Waals surface area contributed by atoms with Crippen molar-refractivity contribution in [2.45, 2.75) is 38.6 Å². The molecule has 2 atom stereocenters. The molecule has 2 aliphatic rings. The van der Waals surface area contributed by atoms with Crippen LogP contribution in [-0.4, -0.2) is 17.7 Å². The highest BCUT2D eigenvalue weighted by molar-refractivity contribution is 6.11. The van der Waals surface area contributed by atoms with Crippen LogP contribution < -0.4 is 5.73 Å². The molecule has 2 aliphatic carbocycles. The molecule has 9 rings (SSSR count). The summed E-state index contributed by atoms with van der Waals surface area (Å²) in [4.78, 5) is 10.00. The third-order valence-corrected chi connectivity index (χ3v) is 11.1. The lowest BCUT2D eigenvalue weighted by Gasteiger charge is -2.23. The summed E-state index contributed by atoms with van der Waals surface area (Å²) in [7, 11) is 0. The minimum absolute atomic E-state index is 0.00174. The predicted octanol–water partition coefficient (Wildman–Crippen LogP) is 11.8. The van der Waals surface area contributed by atoms with Crippen molar-refractivity contribution in [3.05, 3.63) is 186 Å². The zero-order chi connectivity index (χ0) is 36.1. The van der Waals surface area contributed by atoms with Crippen molar-refractivity contribution >= 4 is 39.2 Å². The van der Waals surface area contributed by atoms with Crippen LogP contribution in [0.3, 0.4) is 0 Å². The lowest BCUT2D eigenvalue weighted by atomic mass is 9.81. The summed E-state index contributed by atoms with van der Waals surface area (Å²) in [6, 6.07) is 48.9. The lowest BCUT2D eigenvalue weighted by molar-refractivity contribution is 0.546. The molecular weight excluding hydrogens is 647 g/mol. The normalized spacial score (nSPS) is 17.1. The van der Waals surface area contributed by atoms with Crippen LogP contribution in [0.15, 0.2) is 172 Å². The van der Waals surface area contributed by atoms with E-state index in [0.717, 1.165) is 28.7 Å². The van der Waals surface area contributed by atoms with E-state index >= 15 is 0 Å². The van der Waals surface area contributed by atoms with Gasteiger partial charge in [-0.3, -0.25) is 4.99 Å². The number of amidine groups is 2. The SMILES string of the molecule is CC(N=C(N=C(N)c1ccccc1)c1ccccc1)C1C=CC=C(c2ccc(-c3ccc4c(c3)C(C)(C)c3cc5oc6ccccc6c5cc3-4)cc2)C1. The Bertz CT molecular complexity index is 2620. The van der Waals surface area contributed by atoms with Gasteiger partial charge in [0.2, 0.25) is 0 Å². The van der Waals surface area contributed by atoms with E-state index in [2.05, 4.69) is 112 Å². The van der Waals surface area contributed by atoms with Crippen molar-refractivity contribution in [3.8, 4) is 22.3 Å². The number of benzene rings is 6. The zero-order valence-corrected chi connectivity index (χ0v) is 30.3. The van der Waals surface area contributed by atoms with Gasteiger partial charge in [0.25, 0.3) is 0 Å². The van der Waals surface area contributed by atoms with E-state index < -0.39 is 0 Å². The summed E-state index contributed by atoms with van der Waals surface area (Å²) in [6.45, 7) is 6.83. The third kappa shape index (κ3) is 5.90. The summed E-state index contributed by atoms with van der Waals surface area (Å²) in [5.74, 6) is 1.33. The fraction of sp³-hybridized carbons (Fsp3) is 0.143. The van der Waals surface area contributed by atoms with Gasteiger partial charge in [0.05, 0.1) is 6.04 Å². The first kappa shape index (κ1) is 32.6. The number of furan rings is 1. The predicted molar refractivity (Wildman–Crippen MR) is 222 cm³/mol. The van der Waals surface area contributed by atoms with Gasteiger partial charge in [0.15, 0.2) is 5.84 Å². The number of nitrogens with zero attached hydrogens (tertiary/aromatic N) is 2. The van der Waals surface area contributed by atoms with E-state index in [1.54, 1.807) is 0 Å². The molecule has 1 heterocycles. The minimum atomic E-state index is -0.139. The number of hydrogen-bond donors (Lipinski definition) is 1. The van der Waals surface area contributed by atoms with Gasteiger partial charge in [-0.2, -0.15) is 0 Å². The Kier molecular flexibility index (Phi) is 8.04. The van der Waals surface area contributed by atoms with Crippen molar-refractivity contribution in [2.24, 2.45) is 21.6 Å². The van der Waals surface area contributed by atoms with Crippen LogP contribution in [0.5, 0.6) is 0 Å². The summed E-state index contributed by atoms with van der Waals surface area (Å²) >= 11 is 0. The minimum Gasteiger partial charge on any atom is -0.456 e. The van der Waals surface area contributed by atoms with Crippen LogP contribution in [0, 0.1) is 5.92 Å². The number of aliphatic imine (C=N–C) groups is 2. The van der Waals surface area contributed by atoms with E-state index in [1.807, 2.05) is 66.7 Å². The molecule has 6 aromatic carbocycles. The number of fused-ring (bicyclic) bond motifs is 6. The van der Waals surface area contributed by atoms with Crippen LogP contribution in [-0.2, 0) is 5.41 Å². The fourth-order valence-electron chi connectivity index (χ4n) is 8.09. The molecule has 2 N–H and O–H groups in total. The molecule has 0 spiro atoms. The van der Waals surface area contributed by atoms with Gasteiger partial charge >= 0.3 is 0 Å².